The highest BCUT2D eigenvalue weighted by Gasteiger charge is 2.23. The van der Waals surface area contributed by atoms with Gasteiger partial charge in [0, 0.05) is 17.1 Å². The van der Waals surface area contributed by atoms with Gasteiger partial charge in [-0.1, -0.05) is 36.9 Å². The maximum atomic E-state index is 11.2. The van der Waals surface area contributed by atoms with Crippen molar-refractivity contribution in [3.8, 4) is 5.69 Å². The van der Waals surface area contributed by atoms with Crippen molar-refractivity contribution in [2.45, 2.75) is 50.7 Å². The van der Waals surface area contributed by atoms with Crippen molar-refractivity contribution in [1.29, 1.82) is 0 Å². The summed E-state index contributed by atoms with van der Waals surface area (Å²) >= 11 is 2.88. The minimum Gasteiger partial charge on any atom is -0.481 e. The molecule has 0 unspecified atom stereocenters. The van der Waals surface area contributed by atoms with Gasteiger partial charge in [0.15, 0.2) is 11.0 Å². The SMILES string of the molecule is CCCN(Cc1nnc(SCC(=O)O)n1-c1ccccc1)c1nc(N)c2c3c(sc2n1)CCCC3. The summed E-state index contributed by atoms with van der Waals surface area (Å²) < 4.78 is 1.90. The number of benzene rings is 1. The van der Waals surface area contributed by atoms with Crippen molar-refractivity contribution in [2.75, 3.05) is 22.9 Å². The monoisotopic (exact) mass is 509 g/mol. The number of thiophene rings is 1. The Morgan fingerprint density at radius 2 is 2.00 bits per heavy atom. The summed E-state index contributed by atoms with van der Waals surface area (Å²) in [6.45, 7) is 3.24. The standard InChI is InChI=1S/C24H27N7O2S2/c1-2-12-30(23-26-21(25)20-16-10-6-7-11-17(16)35-22(20)27-23)13-18-28-29-24(34-14-19(32)33)31(18)15-8-4-3-5-9-15/h3-5,8-9H,2,6-7,10-14H2,1H3,(H,32,33)(H2,25,26,27). The molecule has 0 bridgehead atoms. The Labute approximate surface area is 211 Å². The number of para-hydroxylation sites is 1. The van der Waals surface area contributed by atoms with Crippen LogP contribution in [0.25, 0.3) is 15.9 Å². The third-order valence-electron chi connectivity index (χ3n) is 5.98. The molecule has 3 aromatic heterocycles. The van der Waals surface area contributed by atoms with Crippen LogP contribution < -0.4 is 10.6 Å². The summed E-state index contributed by atoms with van der Waals surface area (Å²) in [6, 6.07) is 9.72. The van der Waals surface area contributed by atoms with Crippen molar-refractivity contribution in [3.05, 3.63) is 46.6 Å². The van der Waals surface area contributed by atoms with E-state index in [2.05, 4.69) is 22.0 Å². The molecule has 5 rings (SSSR count). The molecule has 0 saturated heterocycles. The van der Waals surface area contributed by atoms with E-state index in [4.69, 9.17) is 20.8 Å². The third kappa shape index (κ3) is 4.83. The number of hydrogen-bond donors (Lipinski definition) is 2. The topological polar surface area (TPSA) is 123 Å². The van der Waals surface area contributed by atoms with Gasteiger partial charge >= 0.3 is 5.97 Å². The van der Waals surface area contributed by atoms with Crippen molar-refractivity contribution in [2.24, 2.45) is 0 Å². The summed E-state index contributed by atoms with van der Waals surface area (Å²) in [4.78, 5) is 25.2. The van der Waals surface area contributed by atoms with Crippen LogP contribution in [-0.4, -0.2) is 48.1 Å². The Hall–Kier alpha value is -3.18. The van der Waals surface area contributed by atoms with E-state index in [1.165, 1.54) is 23.3 Å². The first-order valence-corrected chi connectivity index (χ1v) is 13.5. The number of aliphatic carboxylic acids is 1. The molecule has 4 aromatic rings. The van der Waals surface area contributed by atoms with E-state index in [0.29, 0.717) is 29.3 Å². The number of aromatic nitrogens is 5. The van der Waals surface area contributed by atoms with E-state index in [1.54, 1.807) is 11.3 Å². The summed E-state index contributed by atoms with van der Waals surface area (Å²) in [5, 5.41) is 19.5. The molecule has 0 aliphatic heterocycles. The average molecular weight is 510 g/mol. The molecule has 3 heterocycles. The molecule has 9 nitrogen and oxygen atoms in total. The summed E-state index contributed by atoms with van der Waals surface area (Å²) in [5.41, 5.74) is 8.68. The van der Waals surface area contributed by atoms with Crippen molar-refractivity contribution >= 4 is 51.1 Å². The molecule has 1 aliphatic carbocycles. The fourth-order valence-corrected chi connectivity index (χ4v) is 6.42. The Kier molecular flexibility index (Phi) is 6.87. The number of carboxylic acid groups (broad SMARTS) is 1. The highest BCUT2D eigenvalue weighted by atomic mass is 32.2. The molecule has 0 radical (unpaired) electrons. The average Bonchev–Trinajstić information content (AvgIpc) is 3.44. The third-order valence-corrected chi connectivity index (χ3v) is 8.08. The first kappa shape index (κ1) is 23.6. The van der Waals surface area contributed by atoms with Crippen LogP contribution in [0.1, 0.15) is 42.5 Å². The highest BCUT2D eigenvalue weighted by molar-refractivity contribution is 7.99. The molecular formula is C24H27N7O2S2. The Bertz CT molecular complexity index is 1350. The van der Waals surface area contributed by atoms with E-state index >= 15 is 0 Å². The van der Waals surface area contributed by atoms with Gasteiger partial charge in [-0.3, -0.25) is 9.36 Å². The van der Waals surface area contributed by atoms with Crippen LogP contribution in [0.3, 0.4) is 0 Å². The predicted molar refractivity (Wildman–Crippen MR) is 140 cm³/mol. The Morgan fingerprint density at radius 3 is 2.77 bits per heavy atom. The molecular weight excluding hydrogens is 482 g/mol. The zero-order chi connectivity index (χ0) is 24.4. The lowest BCUT2D eigenvalue weighted by Gasteiger charge is -2.22. The van der Waals surface area contributed by atoms with Gasteiger partial charge in [-0.2, -0.15) is 4.98 Å². The second-order valence-electron chi connectivity index (χ2n) is 8.47. The van der Waals surface area contributed by atoms with E-state index in [0.717, 1.165) is 53.5 Å². The molecule has 1 aromatic carbocycles. The zero-order valence-corrected chi connectivity index (χ0v) is 21.1. The number of hydrogen-bond acceptors (Lipinski definition) is 9. The molecule has 11 heteroatoms. The van der Waals surface area contributed by atoms with E-state index < -0.39 is 5.97 Å². The Balaban J connectivity index is 1.52. The number of rotatable bonds is 9. The molecule has 0 amide bonds. The number of anilines is 2. The van der Waals surface area contributed by atoms with Gasteiger partial charge in [0.1, 0.15) is 10.6 Å². The number of nitrogens with two attached hydrogens (primary N) is 1. The largest absolute Gasteiger partial charge is 0.481 e. The molecule has 3 N–H and O–H groups in total. The van der Waals surface area contributed by atoms with Gasteiger partial charge in [-0.25, -0.2) is 4.98 Å². The molecule has 182 valence electrons. The van der Waals surface area contributed by atoms with E-state index in [-0.39, 0.29) is 5.75 Å². The van der Waals surface area contributed by atoms with E-state index in [1.807, 2.05) is 34.9 Å². The number of thioether (sulfide) groups is 1. The van der Waals surface area contributed by atoms with Crippen molar-refractivity contribution in [1.82, 2.24) is 24.7 Å². The smallest absolute Gasteiger partial charge is 0.313 e. The first-order chi connectivity index (χ1) is 17.0. The molecule has 0 saturated carbocycles. The van der Waals surface area contributed by atoms with E-state index in [9.17, 15) is 4.79 Å². The van der Waals surface area contributed by atoms with Crippen LogP contribution in [0.4, 0.5) is 11.8 Å². The van der Waals surface area contributed by atoms with Crippen LogP contribution in [0.5, 0.6) is 0 Å². The molecule has 0 atom stereocenters. The number of aryl methyl sites for hydroxylation is 2. The second kappa shape index (κ2) is 10.2. The predicted octanol–water partition coefficient (Wildman–Crippen LogP) is 4.33. The lowest BCUT2D eigenvalue weighted by Crippen LogP contribution is -2.27. The van der Waals surface area contributed by atoms with Gasteiger partial charge < -0.3 is 15.7 Å². The van der Waals surface area contributed by atoms with Gasteiger partial charge in [-0.15, -0.1) is 21.5 Å². The minimum absolute atomic E-state index is 0.0942. The van der Waals surface area contributed by atoms with Crippen LogP contribution >= 0.6 is 23.1 Å². The highest BCUT2D eigenvalue weighted by Crippen LogP contribution is 2.38. The van der Waals surface area contributed by atoms with Crippen molar-refractivity contribution in [3.63, 3.8) is 0 Å². The number of carboxylic acids is 1. The summed E-state index contributed by atoms with van der Waals surface area (Å²) in [6.07, 6.45) is 5.40. The van der Waals surface area contributed by atoms with Crippen LogP contribution in [0, 0.1) is 0 Å². The number of nitrogens with zero attached hydrogens (tertiary/aromatic N) is 6. The molecule has 35 heavy (non-hydrogen) atoms. The van der Waals surface area contributed by atoms with Gasteiger partial charge in [0.05, 0.1) is 17.7 Å². The van der Waals surface area contributed by atoms with Crippen molar-refractivity contribution < 1.29 is 9.90 Å². The van der Waals surface area contributed by atoms with Crippen LogP contribution in [0.2, 0.25) is 0 Å². The van der Waals surface area contributed by atoms with Crippen LogP contribution in [0.15, 0.2) is 35.5 Å². The number of carbonyl (C=O) groups is 1. The molecule has 1 aliphatic rings. The minimum atomic E-state index is -0.900. The first-order valence-electron chi connectivity index (χ1n) is 11.7. The quantitative estimate of drug-likeness (QED) is 0.317. The second-order valence-corrected chi connectivity index (χ2v) is 10.5. The summed E-state index contributed by atoms with van der Waals surface area (Å²) in [5.74, 6) is 0.807. The fourth-order valence-electron chi connectivity index (χ4n) is 4.46. The van der Waals surface area contributed by atoms with Gasteiger partial charge in [0.25, 0.3) is 0 Å². The van der Waals surface area contributed by atoms with Crippen LogP contribution in [-0.2, 0) is 24.2 Å². The molecule has 0 spiro atoms. The lowest BCUT2D eigenvalue weighted by molar-refractivity contribution is -0.133. The molecule has 0 fully saturated rings. The Morgan fingerprint density at radius 1 is 1.20 bits per heavy atom. The lowest BCUT2D eigenvalue weighted by atomic mass is 9.97. The summed E-state index contributed by atoms with van der Waals surface area (Å²) in [7, 11) is 0. The van der Waals surface area contributed by atoms with Gasteiger partial charge in [0.2, 0.25) is 5.95 Å². The maximum Gasteiger partial charge on any atom is 0.313 e. The normalized spacial score (nSPS) is 13.2. The van der Waals surface area contributed by atoms with Gasteiger partial charge in [-0.05, 0) is 49.8 Å². The number of fused-ring (bicyclic) bond motifs is 3. The number of nitrogen functional groups attached to an aromatic ring is 1. The maximum absolute atomic E-state index is 11.2. The zero-order valence-electron chi connectivity index (χ0n) is 19.5. The fraction of sp³-hybridized carbons (Fsp3) is 0.375.